The summed E-state index contributed by atoms with van der Waals surface area (Å²) in [6.07, 6.45) is -2.64. The van der Waals surface area contributed by atoms with Gasteiger partial charge in [-0.1, -0.05) is 0 Å². The van der Waals surface area contributed by atoms with Crippen LogP contribution >= 0.6 is 0 Å². The van der Waals surface area contributed by atoms with Crippen LogP contribution in [0.25, 0.3) is 0 Å². The van der Waals surface area contributed by atoms with Crippen LogP contribution in [0.5, 0.6) is 0 Å². The van der Waals surface area contributed by atoms with Crippen LogP contribution in [0, 0.1) is 0 Å². The molecule has 0 radical (unpaired) electrons. The summed E-state index contributed by atoms with van der Waals surface area (Å²) in [5, 5.41) is 0. The third-order valence-corrected chi connectivity index (χ3v) is 3.05. The topological polar surface area (TPSA) is 49.7 Å². The molecule has 0 saturated carbocycles. The Morgan fingerprint density at radius 1 is 1.45 bits per heavy atom. The zero-order valence-electron chi connectivity index (χ0n) is 6.01. The average molecular weight is 190 g/mol. The van der Waals surface area contributed by atoms with E-state index >= 15 is 0 Å². The zero-order chi connectivity index (χ0) is 9.28. The molecule has 2 N–H and O–H groups in total. The van der Waals surface area contributed by atoms with Crippen molar-refractivity contribution >= 4 is 8.80 Å². The molecule has 0 spiro atoms. The fourth-order valence-electron chi connectivity index (χ4n) is 0.395. The fraction of sp³-hybridized carbons (Fsp3) is 1.00. The zero-order valence-corrected chi connectivity index (χ0v) is 7.01. The lowest BCUT2D eigenvalue weighted by molar-refractivity contribution is -0.0606. The van der Waals surface area contributed by atoms with Gasteiger partial charge in [0.25, 0.3) is 0 Å². The van der Waals surface area contributed by atoms with Gasteiger partial charge in [0, 0.05) is 7.11 Å². The molecule has 0 aromatic carbocycles. The molecule has 1 atom stereocenters. The van der Waals surface area contributed by atoms with Crippen LogP contribution in [-0.2, 0) is 4.43 Å². The van der Waals surface area contributed by atoms with E-state index in [2.05, 4.69) is 4.43 Å². The maximum absolute atomic E-state index is 12.4. The second kappa shape index (κ2) is 3.09. The number of hydrogen-bond donors (Lipinski definition) is 2. The van der Waals surface area contributed by atoms with Gasteiger partial charge in [-0.3, -0.25) is 0 Å². The number of alkyl halides is 3. The smallest absolute Gasteiger partial charge is 0.386 e. The molecule has 0 aliphatic carbocycles. The Labute approximate surface area is 62.8 Å². The molecule has 0 aromatic heterocycles. The number of halogens is 3. The predicted octanol–water partition coefficient (Wildman–Crippen LogP) is 0.0888. The first-order valence-electron chi connectivity index (χ1n) is 2.77. The second-order valence-corrected chi connectivity index (χ2v) is 4.34. The summed E-state index contributed by atoms with van der Waals surface area (Å²) >= 11 is 0. The minimum Gasteiger partial charge on any atom is -0.386 e. The highest BCUT2D eigenvalue weighted by molar-refractivity contribution is 6.60. The van der Waals surface area contributed by atoms with Gasteiger partial charge in [0.1, 0.15) is 0 Å². The molecule has 3 nitrogen and oxygen atoms in total. The molecule has 0 aliphatic rings. The first-order valence-corrected chi connectivity index (χ1v) is 4.57. The number of hydrogen-bond acceptors (Lipinski definition) is 3. The van der Waals surface area contributed by atoms with Gasteiger partial charge < -0.3 is 14.0 Å². The molecular formula is C4H9F3O3Si. The standard InChI is InChI=1S/C4H9F3O3Si/c1-3(5)4(6,7)11(8,9)10-2/h3,8-9H,1-2H3. The van der Waals surface area contributed by atoms with Crippen molar-refractivity contribution in [2.24, 2.45) is 0 Å². The lowest BCUT2D eigenvalue weighted by Gasteiger charge is -2.25. The first-order chi connectivity index (χ1) is 4.75. The van der Waals surface area contributed by atoms with E-state index in [0.29, 0.717) is 14.0 Å². The SMILES string of the molecule is CO[Si](O)(O)C(F)(F)C(C)F. The molecule has 0 fully saturated rings. The Hall–Kier alpha value is -0.113. The third kappa shape index (κ3) is 1.92. The van der Waals surface area contributed by atoms with E-state index in [-0.39, 0.29) is 0 Å². The molecule has 7 heteroatoms. The normalized spacial score (nSPS) is 16.6. The monoisotopic (exact) mass is 190 g/mol. The van der Waals surface area contributed by atoms with Gasteiger partial charge in [-0.2, -0.15) is 8.78 Å². The third-order valence-electron chi connectivity index (χ3n) is 1.22. The van der Waals surface area contributed by atoms with E-state index < -0.39 is 20.5 Å². The van der Waals surface area contributed by atoms with E-state index in [9.17, 15) is 13.2 Å². The summed E-state index contributed by atoms with van der Waals surface area (Å²) in [7, 11) is -4.48. The quantitative estimate of drug-likeness (QED) is 0.620. The average Bonchev–Trinajstić information content (AvgIpc) is 1.87. The Balaban J connectivity index is 4.53. The Morgan fingerprint density at radius 3 is 1.91 bits per heavy atom. The van der Waals surface area contributed by atoms with Crippen molar-refractivity contribution < 1.29 is 27.2 Å². The molecule has 0 saturated heterocycles. The second-order valence-electron chi connectivity index (χ2n) is 2.05. The summed E-state index contributed by atoms with van der Waals surface area (Å²) in [6, 6.07) is 0. The van der Waals surface area contributed by atoms with Gasteiger partial charge in [0.15, 0.2) is 6.17 Å². The first kappa shape index (κ1) is 10.9. The summed E-state index contributed by atoms with van der Waals surface area (Å²) < 4.78 is 40.5. The largest absolute Gasteiger partial charge is 0.572 e. The van der Waals surface area contributed by atoms with E-state index in [1.165, 1.54) is 0 Å². The summed E-state index contributed by atoms with van der Waals surface area (Å²) in [6.45, 7) is 0.535. The highest BCUT2D eigenvalue weighted by atomic mass is 28.4. The maximum Gasteiger partial charge on any atom is 0.572 e. The van der Waals surface area contributed by atoms with Gasteiger partial charge in [-0.05, 0) is 6.92 Å². The van der Waals surface area contributed by atoms with Crippen LogP contribution < -0.4 is 0 Å². The molecule has 11 heavy (non-hydrogen) atoms. The van der Waals surface area contributed by atoms with Crippen LogP contribution in [-0.4, -0.2) is 37.2 Å². The van der Waals surface area contributed by atoms with Crippen molar-refractivity contribution in [3.63, 3.8) is 0 Å². The number of rotatable bonds is 3. The van der Waals surface area contributed by atoms with Crippen LogP contribution in [0.4, 0.5) is 13.2 Å². The lowest BCUT2D eigenvalue weighted by atomic mass is 10.5. The summed E-state index contributed by atoms with van der Waals surface area (Å²) in [5.74, 6) is 0. The van der Waals surface area contributed by atoms with Crippen molar-refractivity contribution in [2.45, 2.75) is 18.6 Å². The van der Waals surface area contributed by atoms with Crippen molar-refractivity contribution in [3.05, 3.63) is 0 Å². The van der Waals surface area contributed by atoms with Crippen LogP contribution in [0.15, 0.2) is 0 Å². The molecule has 0 rings (SSSR count). The molecule has 0 aliphatic heterocycles. The van der Waals surface area contributed by atoms with Crippen LogP contribution in [0.3, 0.4) is 0 Å². The van der Waals surface area contributed by atoms with Gasteiger partial charge in [-0.25, -0.2) is 4.39 Å². The van der Waals surface area contributed by atoms with Crippen molar-refractivity contribution in [1.29, 1.82) is 0 Å². The maximum atomic E-state index is 12.4. The molecule has 68 valence electrons. The van der Waals surface area contributed by atoms with Crippen molar-refractivity contribution in [3.8, 4) is 0 Å². The Kier molecular flexibility index (Phi) is 3.06. The minimum atomic E-state index is -5.18. The van der Waals surface area contributed by atoms with Gasteiger partial charge >= 0.3 is 14.4 Å². The van der Waals surface area contributed by atoms with Crippen LogP contribution in [0.2, 0.25) is 0 Å². The van der Waals surface area contributed by atoms with E-state index in [1.54, 1.807) is 0 Å². The van der Waals surface area contributed by atoms with Crippen molar-refractivity contribution in [2.75, 3.05) is 7.11 Å². The molecule has 0 amide bonds. The Bertz CT molecular complexity index is 139. The molecule has 0 bridgehead atoms. The van der Waals surface area contributed by atoms with Crippen LogP contribution in [0.1, 0.15) is 6.92 Å². The van der Waals surface area contributed by atoms with Gasteiger partial charge in [0.05, 0.1) is 0 Å². The summed E-state index contributed by atoms with van der Waals surface area (Å²) in [5.41, 5.74) is -4.19. The summed E-state index contributed by atoms with van der Waals surface area (Å²) in [4.78, 5) is 17.0. The lowest BCUT2D eigenvalue weighted by Crippen LogP contribution is -2.60. The highest BCUT2D eigenvalue weighted by Crippen LogP contribution is 2.28. The fourth-order valence-corrected chi connectivity index (χ4v) is 1.19. The van der Waals surface area contributed by atoms with E-state index in [4.69, 9.17) is 9.59 Å². The van der Waals surface area contributed by atoms with E-state index in [1.807, 2.05) is 0 Å². The van der Waals surface area contributed by atoms with Crippen molar-refractivity contribution in [1.82, 2.24) is 0 Å². The highest BCUT2D eigenvalue weighted by Gasteiger charge is 2.63. The molecule has 0 heterocycles. The predicted molar refractivity (Wildman–Crippen MR) is 32.7 cm³/mol. The minimum absolute atomic E-state index is 0.535. The van der Waals surface area contributed by atoms with Gasteiger partial charge in [0.2, 0.25) is 0 Å². The van der Waals surface area contributed by atoms with Gasteiger partial charge in [-0.15, -0.1) is 0 Å². The molecule has 0 aromatic rings. The van der Waals surface area contributed by atoms with E-state index in [0.717, 1.165) is 0 Å². The molecule has 1 unspecified atom stereocenters. The molecular weight excluding hydrogens is 181 g/mol. The Morgan fingerprint density at radius 2 is 1.82 bits per heavy atom.